The van der Waals surface area contributed by atoms with E-state index in [2.05, 4.69) is 11.9 Å². The number of nitriles is 1. The van der Waals surface area contributed by atoms with Crippen LogP contribution in [0.1, 0.15) is 15.9 Å². The molecule has 0 radical (unpaired) electrons. The lowest BCUT2D eigenvalue weighted by Gasteiger charge is -2.23. The number of para-hydroxylation sites is 2. The first kappa shape index (κ1) is 24.2. The minimum atomic E-state index is -4.01. The van der Waals surface area contributed by atoms with Gasteiger partial charge in [0, 0.05) is 0 Å². The van der Waals surface area contributed by atoms with E-state index in [0.29, 0.717) is 11.4 Å². The molecule has 3 aromatic carbocycles. The van der Waals surface area contributed by atoms with Crippen LogP contribution in [0, 0.1) is 11.3 Å². The molecule has 0 fully saturated rings. The molecular weight excluding hydrogens is 454 g/mol. The number of hydrogen-bond acceptors (Lipinski definition) is 6. The summed E-state index contributed by atoms with van der Waals surface area (Å²) in [6.07, 6.45) is 1.46. The van der Waals surface area contributed by atoms with Gasteiger partial charge in [0.25, 0.3) is 15.9 Å². The molecule has 0 aliphatic heterocycles. The molecule has 0 bridgehead atoms. The van der Waals surface area contributed by atoms with E-state index < -0.39 is 28.5 Å². The molecule has 8 nitrogen and oxygen atoms in total. The Morgan fingerprint density at radius 1 is 1.03 bits per heavy atom. The van der Waals surface area contributed by atoms with Crippen LogP contribution in [0.15, 0.2) is 96.4 Å². The quantitative estimate of drug-likeness (QED) is 0.372. The Labute approximate surface area is 197 Å². The number of ether oxygens (including phenoxy) is 1. The van der Waals surface area contributed by atoms with Gasteiger partial charge in [-0.3, -0.25) is 9.10 Å². The van der Waals surface area contributed by atoms with Crippen LogP contribution in [0.2, 0.25) is 0 Å². The zero-order chi connectivity index (χ0) is 24.6. The molecule has 3 rings (SSSR count). The van der Waals surface area contributed by atoms with Crippen molar-refractivity contribution in [1.82, 2.24) is 0 Å². The number of carbonyl (C=O) groups is 2. The summed E-state index contributed by atoms with van der Waals surface area (Å²) in [7, 11) is -4.01. The van der Waals surface area contributed by atoms with Gasteiger partial charge in [-0.15, -0.1) is 6.58 Å². The molecule has 0 unspecified atom stereocenters. The molecule has 0 aromatic heterocycles. The van der Waals surface area contributed by atoms with Crippen LogP contribution in [-0.2, 0) is 19.6 Å². The van der Waals surface area contributed by atoms with Crippen LogP contribution in [0.4, 0.5) is 11.4 Å². The molecule has 0 saturated heterocycles. The first-order chi connectivity index (χ1) is 16.4. The van der Waals surface area contributed by atoms with Crippen molar-refractivity contribution in [3.63, 3.8) is 0 Å². The number of sulfonamides is 1. The Balaban J connectivity index is 1.74. The summed E-state index contributed by atoms with van der Waals surface area (Å²) >= 11 is 0. The van der Waals surface area contributed by atoms with E-state index in [1.54, 1.807) is 54.6 Å². The van der Waals surface area contributed by atoms with Crippen molar-refractivity contribution in [2.75, 3.05) is 22.8 Å². The number of nitrogens with zero attached hydrogens (tertiary/aromatic N) is 2. The van der Waals surface area contributed by atoms with Gasteiger partial charge in [-0.1, -0.05) is 42.5 Å². The third-order valence-electron chi connectivity index (χ3n) is 4.65. The van der Waals surface area contributed by atoms with E-state index in [0.717, 1.165) is 0 Å². The normalized spacial score (nSPS) is 10.6. The van der Waals surface area contributed by atoms with Crippen molar-refractivity contribution in [1.29, 1.82) is 5.26 Å². The molecule has 0 spiro atoms. The Bertz CT molecular complexity index is 1350. The highest BCUT2D eigenvalue weighted by molar-refractivity contribution is 7.92. The fourth-order valence-electron chi connectivity index (χ4n) is 3.05. The summed E-state index contributed by atoms with van der Waals surface area (Å²) in [4.78, 5) is 24.5. The molecule has 3 aromatic rings. The lowest BCUT2D eigenvalue weighted by atomic mass is 10.2. The number of benzene rings is 3. The summed E-state index contributed by atoms with van der Waals surface area (Å²) in [6, 6.07) is 22.2. The number of esters is 1. The number of rotatable bonds is 9. The second-order valence-electron chi connectivity index (χ2n) is 6.97. The second kappa shape index (κ2) is 10.9. The summed E-state index contributed by atoms with van der Waals surface area (Å²) in [6.45, 7) is 3.05. The van der Waals surface area contributed by atoms with Gasteiger partial charge in [0.05, 0.1) is 33.9 Å². The maximum atomic E-state index is 13.3. The maximum absolute atomic E-state index is 13.3. The molecule has 0 heterocycles. The summed E-state index contributed by atoms with van der Waals surface area (Å²) < 4.78 is 32.7. The van der Waals surface area contributed by atoms with Gasteiger partial charge in [-0.25, -0.2) is 13.2 Å². The third-order valence-corrected chi connectivity index (χ3v) is 6.44. The Morgan fingerprint density at radius 2 is 1.74 bits per heavy atom. The lowest BCUT2D eigenvalue weighted by Crippen LogP contribution is -2.31. The van der Waals surface area contributed by atoms with Gasteiger partial charge in [0.1, 0.15) is 6.07 Å². The van der Waals surface area contributed by atoms with E-state index in [1.807, 2.05) is 6.07 Å². The van der Waals surface area contributed by atoms with Crippen LogP contribution in [0.25, 0.3) is 0 Å². The van der Waals surface area contributed by atoms with Crippen molar-refractivity contribution < 1.29 is 22.7 Å². The predicted molar refractivity (Wildman–Crippen MR) is 128 cm³/mol. The van der Waals surface area contributed by atoms with Crippen molar-refractivity contribution in [2.24, 2.45) is 0 Å². The maximum Gasteiger partial charge on any atom is 0.338 e. The molecule has 1 N–H and O–H groups in total. The minimum absolute atomic E-state index is 0.0297. The van der Waals surface area contributed by atoms with Crippen LogP contribution in [0.5, 0.6) is 0 Å². The Morgan fingerprint density at radius 3 is 2.44 bits per heavy atom. The third kappa shape index (κ3) is 5.68. The molecule has 9 heteroatoms. The fourth-order valence-corrected chi connectivity index (χ4v) is 4.54. The topological polar surface area (TPSA) is 117 Å². The van der Waals surface area contributed by atoms with Crippen LogP contribution < -0.4 is 9.62 Å². The number of amides is 1. The lowest BCUT2D eigenvalue weighted by molar-refractivity contribution is -0.119. The Hall–Kier alpha value is -4.42. The molecule has 172 valence electrons. The van der Waals surface area contributed by atoms with E-state index >= 15 is 0 Å². The van der Waals surface area contributed by atoms with Gasteiger partial charge in [-0.05, 0) is 42.5 Å². The van der Waals surface area contributed by atoms with Gasteiger partial charge in [0.2, 0.25) is 0 Å². The van der Waals surface area contributed by atoms with Crippen molar-refractivity contribution in [3.8, 4) is 6.07 Å². The van der Waals surface area contributed by atoms with Crippen LogP contribution in [0.3, 0.4) is 0 Å². The van der Waals surface area contributed by atoms with Gasteiger partial charge < -0.3 is 10.1 Å². The van der Waals surface area contributed by atoms with Crippen molar-refractivity contribution in [3.05, 3.63) is 103 Å². The van der Waals surface area contributed by atoms with Crippen molar-refractivity contribution >= 4 is 33.3 Å². The molecule has 1 amide bonds. The average Bonchev–Trinajstić information content (AvgIpc) is 2.86. The van der Waals surface area contributed by atoms with Crippen LogP contribution in [-0.4, -0.2) is 33.4 Å². The SMILES string of the molecule is C=CCN(c1ccccc1)S(=O)(=O)c1cccc(C(=O)OCC(=O)Nc2ccccc2C#N)c1. The van der Waals surface area contributed by atoms with Gasteiger partial charge in [-0.2, -0.15) is 5.26 Å². The Kier molecular flexibility index (Phi) is 7.79. The number of nitrogens with one attached hydrogen (secondary N) is 1. The zero-order valence-electron chi connectivity index (χ0n) is 18.0. The smallest absolute Gasteiger partial charge is 0.338 e. The highest BCUT2D eigenvalue weighted by Crippen LogP contribution is 2.24. The van der Waals surface area contributed by atoms with Crippen LogP contribution >= 0.6 is 0 Å². The fraction of sp³-hybridized carbons (Fsp3) is 0.0800. The first-order valence-corrected chi connectivity index (χ1v) is 11.6. The standard InChI is InChI=1S/C25H21N3O5S/c1-2-15-28(21-11-4-3-5-12-21)34(31,32)22-13-8-10-19(16-22)25(30)33-18-24(29)27-23-14-7-6-9-20(23)17-26/h2-14,16H,1,15,18H2,(H,27,29). The molecule has 34 heavy (non-hydrogen) atoms. The second-order valence-corrected chi connectivity index (χ2v) is 8.83. The summed E-state index contributed by atoms with van der Waals surface area (Å²) in [5.41, 5.74) is 0.979. The van der Waals surface area contributed by atoms with Gasteiger partial charge in [0.15, 0.2) is 6.61 Å². The minimum Gasteiger partial charge on any atom is -0.452 e. The highest BCUT2D eigenvalue weighted by Gasteiger charge is 2.25. The van der Waals surface area contributed by atoms with E-state index in [-0.39, 0.29) is 22.6 Å². The summed E-state index contributed by atoms with van der Waals surface area (Å²) in [5.74, 6) is -1.50. The first-order valence-electron chi connectivity index (χ1n) is 10.1. The molecule has 0 aliphatic rings. The van der Waals surface area contributed by atoms with E-state index in [1.165, 1.54) is 34.6 Å². The summed E-state index contributed by atoms with van der Waals surface area (Å²) in [5, 5.41) is 11.6. The zero-order valence-corrected chi connectivity index (χ0v) is 18.9. The number of carbonyl (C=O) groups excluding carboxylic acids is 2. The average molecular weight is 476 g/mol. The molecule has 0 atom stereocenters. The number of anilines is 2. The predicted octanol–water partition coefficient (Wildman–Crippen LogP) is 3.74. The molecule has 0 aliphatic carbocycles. The highest BCUT2D eigenvalue weighted by atomic mass is 32.2. The number of hydrogen-bond donors (Lipinski definition) is 1. The van der Waals surface area contributed by atoms with E-state index in [4.69, 9.17) is 10.00 Å². The molecular formula is C25H21N3O5S. The monoisotopic (exact) mass is 475 g/mol. The largest absolute Gasteiger partial charge is 0.452 e. The van der Waals surface area contributed by atoms with Gasteiger partial charge >= 0.3 is 5.97 Å². The molecule has 0 saturated carbocycles. The van der Waals surface area contributed by atoms with Crippen molar-refractivity contribution in [2.45, 2.75) is 4.90 Å². The van der Waals surface area contributed by atoms with E-state index in [9.17, 15) is 18.0 Å².